The van der Waals surface area contributed by atoms with Crippen molar-refractivity contribution in [2.75, 3.05) is 112 Å². The molecular weight excluding hydrogens is 1380 g/mol. The van der Waals surface area contributed by atoms with Crippen LogP contribution in [0.5, 0.6) is 0 Å². The predicted molar refractivity (Wildman–Crippen MR) is 297 cm³/mol. The van der Waals surface area contributed by atoms with Crippen LogP contribution in [-0.2, 0) is 80.5 Å². The Hall–Kier alpha value is -1.84. The van der Waals surface area contributed by atoms with E-state index in [1.165, 1.54) is 0 Å². The molecule has 9 fully saturated rings. The molecule has 9 saturated heterocycles. The molecule has 0 saturated carbocycles. The van der Waals surface area contributed by atoms with Crippen molar-refractivity contribution in [2.24, 2.45) is 0 Å². The molecule has 37 atom stereocenters. The van der Waals surface area contributed by atoms with E-state index in [1.807, 2.05) is 0 Å². The molecule has 29 N–H and O–H groups in total. The molecule has 0 aromatic rings. The molecule has 0 unspecified atom stereocenters. The van der Waals surface area contributed by atoms with Crippen LogP contribution in [0.4, 0.5) is 0 Å². The molecule has 9 rings (SSSR count). The van der Waals surface area contributed by atoms with Crippen molar-refractivity contribution in [3.8, 4) is 0 Å². The summed E-state index contributed by atoms with van der Waals surface area (Å²) in [6.45, 7) is -21.2. The van der Waals surface area contributed by atoms with Gasteiger partial charge in [-0.1, -0.05) is 0 Å². The van der Waals surface area contributed by atoms with Crippen molar-refractivity contribution in [2.45, 2.75) is 223 Å². The first kappa shape index (κ1) is 82.2. The Morgan fingerprint density at radius 1 is 0.210 bits per heavy atom. The molecule has 46 nitrogen and oxygen atoms in total. The molecule has 9 aliphatic heterocycles. The summed E-state index contributed by atoms with van der Waals surface area (Å²) in [5.74, 6) is -23.6. The first-order chi connectivity index (χ1) is 47.2. The van der Waals surface area contributed by atoms with Crippen LogP contribution < -0.4 is 0 Å². The van der Waals surface area contributed by atoms with Gasteiger partial charge >= 0.3 is 0 Å². The van der Waals surface area contributed by atoms with Crippen LogP contribution in [0, 0.1) is 0 Å². The van der Waals surface area contributed by atoms with E-state index in [4.69, 9.17) is 80.5 Å². The lowest BCUT2D eigenvalue weighted by molar-refractivity contribution is -0.396. The van der Waals surface area contributed by atoms with Crippen LogP contribution in [0.3, 0.4) is 0 Å². The third kappa shape index (κ3) is 14.5. The smallest absolute Gasteiger partial charge is 0.224 e. The minimum atomic E-state index is -3.13. The molecule has 584 valence electrons. The molecular formula is C54H92O46. The third-order valence-electron chi connectivity index (χ3n) is 19.5. The van der Waals surface area contributed by atoms with Gasteiger partial charge in [0, 0.05) is 0 Å². The fraction of sp³-hybridized carbons (Fsp3) is 1.00. The Morgan fingerprint density at radius 3 is 0.640 bits per heavy atom. The highest BCUT2D eigenvalue weighted by Gasteiger charge is 2.69. The molecule has 0 spiro atoms. The van der Waals surface area contributed by atoms with Crippen LogP contribution in [0.1, 0.15) is 0 Å². The first-order valence-corrected chi connectivity index (χ1v) is 31.4. The number of ether oxygens (including phenoxy) is 17. The lowest BCUT2D eigenvalue weighted by atomic mass is 9.98. The van der Waals surface area contributed by atoms with Crippen molar-refractivity contribution in [1.29, 1.82) is 0 Å². The Bertz CT molecular complexity index is 2600. The van der Waals surface area contributed by atoms with Crippen molar-refractivity contribution in [1.82, 2.24) is 0 Å². The summed E-state index contributed by atoms with van der Waals surface area (Å²) < 4.78 is 98.5. The Morgan fingerprint density at radius 2 is 0.410 bits per heavy atom. The lowest BCUT2D eigenvalue weighted by Crippen LogP contribution is -2.63. The van der Waals surface area contributed by atoms with E-state index in [-0.39, 0.29) is 0 Å². The monoisotopic (exact) mass is 1480 g/mol. The van der Waals surface area contributed by atoms with Gasteiger partial charge in [0.05, 0.1) is 59.5 Å². The number of hydrogen-bond donors (Lipinski definition) is 29. The minimum Gasteiger partial charge on any atom is -0.394 e. The molecule has 0 radical (unpaired) electrons. The van der Waals surface area contributed by atoms with Gasteiger partial charge in [0.25, 0.3) is 0 Å². The molecule has 9 aliphatic rings. The average molecular weight is 1480 g/mol. The Kier molecular flexibility index (Phi) is 26.4. The average Bonchev–Trinajstić information content (AvgIpc) is 1.56. The highest BCUT2D eigenvalue weighted by Crippen LogP contribution is 2.47. The first-order valence-electron chi connectivity index (χ1n) is 31.4. The van der Waals surface area contributed by atoms with Gasteiger partial charge in [-0.15, -0.1) is 0 Å². The standard InChI is InChI=1S/C54H92O46/c55-1-18-28(66)38(76)47(10-63,92-18)85-13-50(41(79)31(69)21(4-58)95-50)87-15-52(43(81)33(71)23(6-60)97-52)89-17-54(45(83)35(73)25(8-62)99-54)90-16-53(44(82)34(72)24(7-61)98-53)88-14-51(42(80)32(70)22(5-59)96-51)86-12-49(40(78)30(68)20(3-57)94-49)84-9-26-27(65)36(74)37(75)46(91-26)100-48(11-64)39(77)29(67)19(2-56)93-48/h18-46,55-83H,1-17H2/t18-,19+,20-,21-,22-,23-,24-,25-,26+,27+,28-,29+,30-,31-,32-,33-,34-,35-,36-,37+,38+,39-,40+,41+,42+,43+,44+,45+,46+,47-,48-,49-,50-,51-,52-,53-,54-/m0/s1. The largest absolute Gasteiger partial charge is 0.394 e. The SMILES string of the molecule is OC[C@@H]1O[C@](CO)(OC[C@]2(OC[C@]3(OC[C@]4(OC[C@]5(OC[C@]6(OC[C@]7(OC[C@H]8O[C@H](O[C@]9(CO)O[C@H](CO)[C@@H](O)[C@@H]9O)[C@H](O)[C@@H](O)[C@@H]8O)O[C@@H](CO)[C@H](O)[C@H]7O)O[C@@H](CO)[C@H](O)[C@H]6O)O[C@@H](CO)[C@H](O)[C@H]5O)O[C@@H](CO)[C@H](O)[C@H]4O)O[C@@H](CO)[C@H](O)[C@H]3O)O[C@@H](CO)[C@H](O)[C@H]2O)[C@H](O)[C@H]1O. The summed E-state index contributed by atoms with van der Waals surface area (Å²) in [6.07, 6.45) is -61.5. The molecule has 9 heterocycles. The normalized spacial score (nSPS) is 52.7. The molecule has 0 aliphatic carbocycles. The molecule has 0 aromatic carbocycles. The van der Waals surface area contributed by atoms with E-state index in [0.717, 1.165) is 0 Å². The molecule has 0 aromatic heterocycles. The summed E-state index contributed by atoms with van der Waals surface area (Å²) in [7, 11) is 0. The van der Waals surface area contributed by atoms with Gasteiger partial charge in [0.2, 0.25) is 46.3 Å². The van der Waals surface area contributed by atoms with Crippen molar-refractivity contribution in [3.63, 3.8) is 0 Å². The number of rotatable bonds is 33. The number of aliphatic hydroxyl groups excluding tert-OH is 29. The van der Waals surface area contributed by atoms with Crippen LogP contribution in [0.15, 0.2) is 0 Å². The van der Waals surface area contributed by atoms with E-state index in [9.17, 15) is 148 Å². The van der Waals surface area contributed by atoms with Gasteiger partial charge in [-0.25, -0.2) is 0 Å². The highest BCUT2D eigenvalue weighted by atomic mass is 16.9. The van der Waals surface area contributed by atoms with Gasteiger partial charge in [0.1, 0.15) is 224 Å². The topological polar surface area (TPSA) is 744 Å². The van der Waals surface area contributed by atoms with Crippen LogP contribution in [0.25, 0.3) is 0 Å². The van der Waals surface area contributed by atoms with E-state index in [1.54, 1.807) is 0 Å². The van der Waals surface area contributed by atoms with Crippen LogP contribution in [0.2, 0.25) is 0 Å². The summed E-state index contributed by atoms with van der Waals surface area (Å²) in [6, 6.07) is 0. The van der Waals surface area contributed by atoms with Gasteiger partial charge in [-0.2, -0.15) is 0 Å². The van der Waals surface area contributed by atoms with Crippen molar-refractivity contribution < 1.29 is 229 Å². The van der Waals surface area contributed by atoms with Crippen molar-refractivity contribution >= 4 is 0 Å². The maximum absolute atomic E-state index is 11.9. The lowest BCUT2D eigenvalue weighted by Gasteiger charge is -2.44. The minimum absolute atomic E-state index is 0.935. The Labute approximate surface area is 563 Å². The van der Waals surface area contributed by atoms with Crippen LogP contribution >= 0.6 is 0 Å². The molecule has 0 bridgehead atoms. The second-order valence-corrected chi connectivity index (χ2v) is 25.7. The zero-order valence-corrected chi connectivity index (χ0v) is 52.7. The number of hydrogen-bond acceptors (Lipinski definition) is 46. The fourth-order valence-electron chi connectivity index (χ4n) is 13.2. The molecule has 100 heavy (non-hydrogen) atoms. The Balaban J connectivity index is 1.00. The van der Waals surface area contributed by atoms with Crippen LogP contribution in [-0.4, -0.2) is 484 Å². The summed E-state index contributed by atoms with van der Waals surface area (Å²) in [5, 5.41) is 315. The summed E-state index contributed by atoms with van der Waals surface area (Å²) in [4.78, 5) is 0. The molecule has 46 heteroatoms. The zero-order valence-electron chi connectivity index (χ0n) is 52.7. The van der Waals surface area contributed by atoms with E-state index >= 15 is 0 Å². The van der Waals surface area contributed by atoms with Gasteiger partial charge in [-0.05, 0) is 0 Å². The quantitative estimate of drug-likeness (QED) is 0.0290. The third-order valence-corrected chi connectivity index (χ3v) is 19.5. The maximum atomic E-state index is 11.9. The predicted octanol–water partition coefficient (Wildman–Crippen LogP) is -20.6. The highest BCUT2D eigenvalue weighted by molar-refractivity contribution is 5.08. The second-order valence-electron chi connectivity index (χ2n) is 25.7. The number of aliphatic hydroxyl groups is 29. The fourth-order valence-corrected chi connectivity index (χ4v) is 13.2. The zero-order chi connectivity index (χ0) is 73.8. The maximum Gasteiger partial charge on any atom is 0.224 e. The van der Waals surface area contributed by atoms with Gasteiger partial charge < -0.3 is 229 Å². The second kappa shape index (κ2) is 32.2. The van der Waals surface area contributed by atoms with E-state index < -0.39 is 336 Å². The summed E-state index contributed by atoms with van der Waals surface area (Å²) in [5.41, 5.74) is 0. The summed E-state index contributed by atoms with van der Waals surface area (Å²) >= 11 is 0. The van der Waals surface area contributed by atoms with E-state index in [0.29, 0.717) is 0 Å². The van der Waals surface area contributed by atoms with Crippen molar-refractivity contribution in [3.05, 3.63) is 0 Å². The van der Waals surface area contributed by atoms with E-state index in [2.05, 4.69) is 0 Å². The molecule has 0 amide bonds. The van der Waals surface area contributed by atoms with Gasteiger partial charge in [-0.3, -0.25) is 0 Å². The van der Waals surface area contributed by atoms with Gasteiger partial charge in [0.15, 0.2) is 6.29 Å².